The quantitative estimate of drug-likeness (QED) is 0.324. The Morgan fingerprint density at radius 2 is 1.81 bits per heavy atom. The Morgan fingerprint density at radius 1 is 1.19 bits per heavy atom. The van der Waals surface area contributed by atoms with Gasteiger partial charge in [-0.15, -0.1) is 0 Å². The monoisotopic (exact) mass is 440 g/mol. The number of nitriles is 2. The van der Waals surface area contributed by atoms with Crippen molar-refractivity contribution in [1.82, 2.24) is 4.90 Å². The first-order chi connectivity index (χ1) is 14.5. The number of nitrogens with one attached hydrogen (secondary N) is 1. The largest absolute Gasteiger partial charge is 0.479 e. The van der Waals surface area contributed by atoms with Gasteiger partial charge in [-0.05, 0) is 75.8 Å². The second-order valence-electron chi connectivity index (χ2n) is 9.95. The molecule has 1 N–H and O–H groups in total. The van der Waals surface area contributed by atoms with E-state index in [-0.39, 0.29) is 23.7 Å². The van der Waals surface area contributed by atoms with Gasteiger partial charge in [0, 0.05) is 6.26 Å². The summed E-state index contributed by atoms with van der Waals surface area (Å²) in [6.45, 7) is 3.45. The van der Waals surface area contributed by atoms with Gasteiger partial charge in [0.05, 0.1) is 16.4 Å². The molecular weight excluding hydrogens is 412 g/mol. The van der Waals surface area contributed by atoms with E-state index in [1.165, 1.54) is 11.2 Å². The van der Waals surface area contributed by atoms with Gasteiger partial charge in [-0.3, -0.25) is 10.3 Å². The van der Waals surface area contributed by atoms with Crippen LogP contribution in [0.15, 0.2) is 24.3 Å². The van der Waals surface area contributed by atoms with Crippen LogP contribution in [0.4, 0.5) is 0 Å². The van der Waals surface area contributed by atoms with E-state index in [2.05, 4.69) is 12.3 Å². The highest BCUT2D eigenvalue weighted by Crippen LogP contribution is 2.59. The average Bonchev–Trinajstić information content (AvgIpc) is 2.69. The summed E-state index contributed by atoms with van der Waals surface area (Å²) < 4.78 is 30.6. The number of hydrogen-bond donors (Lipinski definition) is 1. The van der Waals surface area contributed by atoms with E-state index >= 15 is 0 Å². The highest BCUT2D eigenvalue weighted by Gasteiger charge is 2.61. The molecule has 2 atom stereocenters. The van der Waals surface area contributed by atoms with E-state index in [0.29, 0.717) is 30.1 Å². The van der Waals surface area contributed by atoms with Crippen LogP contribution in [0.25, 0.3) is 0 Å². The van der Waals surface area contributed by atoms with Gasteiger partial charge in [-0.2, -0.15) is 10.5 Å². The molecule has 4 aliphatic carbocycles. The van der Waals surface area contributed by atoms with Crippen LogP contribution < -0.4 is 4.74 Å². The third-order valence-electron chi connectivity index (χ3n) is 7.54. The lowest BCUT2D eigenvalue weighted by atomic mass is 9.53. The number of rotatable bonds is 5. The maximum atomic E-state index is 12.6. The Kier molecular flexibility index (Phi) is 5.05. The maximum absolute atomic E-state index is 12.6. The fraction of sp³-hybridized carbons (Fsp3) is 0.609. The van der Waals surface area contributed by atoms with Crippen molar-refractivity contribution in [3.05, 3.63) is 29.8 Å². The SMILES string of the molecule is CC(C)(Oc1ccccc1C#N)C(=N)N(C#N)C1C2CC3CC1CC(S(C)(=O)=O)(C3)C2. The van der Waals surface area contributed by atoms with Crippen LogP contribution in [0.5, 0.6) is 5.75 Å². The van der Waals surface area contributed by atoms with Gasteiger partial charge in [-0.25, -0.2) is 8.42 Å². The lowest BCUT2D eigenvalue weighted by Gasteiger charge is -2.60. The molecule has 4 fully saturated rings. The molecule has 0 spiro atoms. The first kappa shape index (κ1) is 21.6. The van der Waals surface area contributed by atoms with Gasteiger partial charge in [0.15, 0.2) is 27.5 Å². The molecule has 4 aliphatic rings. The molecule has 0 heterocycles. The molecule has 0 aliphatic heterocycles. The van der Waals surface area contributed by atoms with Crippen molar-refractivity contribution >= 4 is 15.7 Å². The van der Waals surface area contributed by atoms with Crippen LogP contribution >= 0.6 is 0 Å². The summed E-state index contributed by atoms with van der Waals surface area (Å²) >= 11 is 0. The predicted molar refractivity (Wildman–Crippen MR) is 116 cm³/mol. The van der Waals surface area contributed by atoms with Crippen LogP contribution in [-0.2, 0) is 9.84 Å². The van der Waals surface area contributed by atoms with Crippen LogP contribution in [0.1, 0.15) is 51.5 Å². The Morgan fingerprint density at radius 3 is 2.35 bits per heavy atom. The van der Waals surface area contributed by atoms with Crippen LogP contribution in [-0.4, -0.2) is 41.8 Å². The van der Waals surface area contributed by atoms with Gasteiger partial charge in [0.1, 0.15) is 11.8 Å². The van der Waals surface area contributed by atoms with Crippen molar-refractivity contribution in [2.45, 2.75) is 62.3 Å². The Labute approximate surface area is 184 Å². The minimum absolute atomic E-state index is 0.0358. The molecule has 1 aromatic rings. The number of ether oxygens (including phenoxy) is 1. The molecule has 8 heteroatoms. The van der Waals surface area contributed by atoms with Gasteiger partial charge in [0.25, 0.3) is 0 Å². The topological polar surface area (TPSA) is 118 Å². The lowest BCUT2D eigenvalue weighted by Crippen LogP contribution is -2.65. The Balaban J connectivity index is 1.60. The normalized spacial score (nSPS) is 31.5. The van der Waals surface area contributed by atoms with E-state index in [0.717, 1.165) is 19.3 Å². The summed E-state index contributed by atoms with van der Waals surface area (Å²) in [6.07, 6.45) is 7.23. The van der Waals surface area contributed by atoms with Gasteiger partial charge in [-0.1, -0.05) is 12.1 Å². The summed E-state index contributed by atoms with van der Waals surface area (Å²) in [5, 5.41) is 28.2. The van der Waals surface area contributed by atoms with Crippen molar-refractivity contribution in [1.29, 1.82) is 15.9 Å². The highest BCUT2D eigenvalue weighted by atomic mass is 32.2. The predicted octanol–water partition coefficient (Wildman–Crippen LogP) is 3.47. The third kappa shape index (κ3) is 3.47. The van der Waals surface area contributed by atoms with Crippen LogP contribution in [0, 0.1) is 45.9 Å². The summed E-state index contributed by atoms with van der Waals surface area (Å²) in [5.74, 6) is 0.934. The molecule has 7 nitrogen and oxygen atoms in total. The summed E-state index contributed by atoms with van der Waals surface area (Å²) in [6, 6.07) is 8.76. The maximum Gasteiger partial charge on any atom is 0.185 e. The second kappa shape index (κ2) is 7.24. The molecule has 164 valence electrons. The molecule has 0 radical (unpaired) electrons. The molecule has 0 aromatic heterocycles. The molecule has 5 rings (SSSR count). The number of hydrogen-bond acceptors (Lipinski definition) is 6. The summed E-state index contributed by atoms with van der Waals surface area (Å²) in [4.78, 5) is 1.46. The molecular formula is C23H28N4O3S. The number of nitrogens with zero attached hydrogens (tertiary/aromatic N) is 3. The lowest BCUT2D eigenvalue weighted by molar-refractivity contribution is -0.0243. The zero-order valence-electron chi connectivity index (χ0n) is 18.1. The van der Waals surface area contributed by atoms with E-state index < -0.39 is 20.2 Å². The van der Waals surface area contributed by atoms with Gasteiger partial charge >= 0.3 is 0 Å². The zero-order valence-corrected chi connectivity index (χ0v) is 18.9. The molecule has 4 saturated carbocycles. The van der Waals surface area contributed by atoms with Gasteiger partial charge < -0.3 is 4.74 Å². The minimum Gasteiger partial charge on any atom is -0.479 e. The number of amidine groups is 1. The first-order valence-corrected chi connectivity index (χ1v) is 12.6. The van der Waals surface area contributed by atoms with Crippen LogP contribution in [0.3, 0.4) is 0 Å². The van der Waals surface area contributed by atoms with Crippen molar-refractivity contribution in [3.8, 4) is 18.0 Å². The van der Waals surface area contributed by atoms with E-state index in [1.807, 2.05) is 0 Å². The van der Waals surface area contributed by atoms with E-state index in [4.69, 9.17) is 10.1 Å². The molecule has 31 heavy (non-hydrogen) atoms. The molecule has 4 bridgehead atoms. The fourth-order valence-electron chi connectivity index (χ4n) is 6.33. The van der Waals surface area contributed by atoms with Gasteiger partial charge in [0.2, 0.25) is 0 Å². The summed E-state index contributed by atoms with van der Waals surface area (Å²) in [7, 11) is -3.19. The third-order valence-corrected chi connectivity index (χ3v) is 9.62. The van der Waals surface area contributed by atoms with E-state index in [1.54, 1.807) is 38.1 Å². The second-order valence-corrected chi connectivity index (χ2v) is 12.4. The first-order valence-electron chi connectivity index (χ1n) is 10.7. The molecule has 1 aromatic carbocycles. The van der Waals surface area contributed by atoms with Crippen molar-refractivity contribution in [2.75, 3.05) is 6.26 Å². The summed E-state index contributed by atoms with van der Waals surface area (Å²) in [5.41, 5.74) is -0.761. The molecule has 0 amide bonds. The van der Waals surface area contributed by atoms with Crippen molar-refractivity contribution in [3.63, 3.8) is 0 Å². The number of sulfone groups is 1. The van der Waals surface area contributed by atoms with Crippen LogP contribution in [0.2, 0.25) is 0 Å². The highest BCUT2D eigenvalue weighted by molar-refractivity contribution is 7.92. The Hall–Kier alpha value is -2.58. The van der Waals surface area contributed by atoms with E-state index in [9.17, 15) is 18.9 Å². The average molecular weight is 441 g/mol. The molecule has 0 saturated heterocycles. The zero-order chi connectivity index (χ0) is 22.6. The minimum atomic E-state index is -3.19. The van der Waals surface area contributed by atoms with Crippen molar-refractivity contribution in [2.24, 2.45) is 17.8 Å². The fourth-order valence-corrected chi connectivity index (χ4v) is 7.90. The standard InChI is InChI=1S/C23H28N4O3S/c1-22(2,30-19-7-5-4-6-16(19)13-24)21(26)27(14-25)20-17-8-15-9-18(20)12-23(10-15,11-17)31(3,28)29/h4-7,15,17-18,20,26H,8-12H2,1-3H3. The molecule has 2 unspecified atom stereocenters. The van der Waals surface area contributed by atoms with Crippen molar-refractivity contribution < 1.29 is 13.2 Å². The smallest absolute Gasteiger partial charge is 0.185 e. The number of para-hydroxylation sites is 1. The number of benzene rings is 1. The Bertz CT molecular complexity index is 1080.